The molecule has 0 atom stereocenters. The third-order valence-corrected chi connectivity index (χ3v) is 5.21. The van der Waals surface area contributed by atoms with Crippen molar-refractivity contribution in [1.29, 1.82) is 0 Å². The first-order valence-electron chi connectivity index (χ1n) is 8.26. The molecule has 0 saturated carbocycles. The van der Waals surface area contributed by atoms with Crippen molar-refractivity contribution in [2.45, 2.75) is 18.1 Å². The predicted molar refractivity (Wildman–Crippen MR) is 94.1 cm³/mol. The van der Waals surface area contributed by atoms with E-state index in [1.165, 1.54) is 13.0 Å². The fourth-order valence-corrected chi connectivity index (χ4v) is 3.70. The third-order valence-electron chi connectivity index (χ3n) is 4.23. The summed E-state index contributed by atoms with van der Waals surface area (Å²) in [6.45, 7) is 3.22. The lowest BCUT2D eigenvalue weighted by Gasteiger charge is -2.34. The maximum absolute atomic E-state index is 13.0. The number of nitrogens with zero attached hydrogens (tertiary/aromatic N) is 4. The lowest BCUT2D eigenvalue weighted by atomic mass is 10.2. The molecule has 10 heteroatoms. The topological polar surface area (TPSA) is 66.4 Å². The van der Waals surface area contributed by atoms with Gasteiger partial charge in [0, 0.05) is 38.5 Å². The molecule has 2 amide bonds. The van der Waals surface area contributed by atoms with Gasteiger partial charge in [-0.2, -0.15) is 13.2 Å². The van der Waals surface area contributed by atoms with Crippen LogP contribution in [0.25, 0.3) is 10.9 Å². The molecule has 6 nitrogen and oxygen atoms in total. The number of hydrogen-bond donors (Lipinski definition) is 0. The van der Waals surface area contributed by atoms with E-state index in [2.05, 4.69) is 9.97 Å². The molecule has 0 unspecified atom stereocenters. The van der Waals surface area contributed by atoms with Crippen LogP contribution in [0.1, 0.15) is 12.7 Å². The van der Waals surface area contributed by atoms with E-state index in [0.29, 0.717) is 31.6 Å². The minimum atomic E-state index is -4.66. The Bertz CT molecular complexity index is 867. The molecule has 1 aliphatic rings. The van der Waals surface area contributed by atoms with Gasteiger partial charge in [0.15, 0.2) is 0 Å². The molecular weight excluding hydrogens is 381 g/mol. The van der Waals surface area contributed by atoms with Crippen LogP contribution >= 0.6 is 11.8 Å². The summed E-state index contributed by atoms with van der Waals surface area (Å²) in [5.74, 6) is -1.48. The molecule has 1 saturated heterocycles. The van der Waals surface area contributed by atoms with Gasteiger partial charge in [-0.15, -0.1) is 0 Å². The second-order valence-electron chi connectivity index (χ2n) is 6.04. The van der Waals surface area contributed by atoms with E-state index >= 15 is 0 Å². The largest absolute Gasteiger partial charge is 0.451 e. The van der Waals surface area contributed by atoms with Gasteiger partial charge in [0.25, 0.3) is 0 Å². The third kappa shape index (κ3) is 4.49. The number of piperazine rings is 1. The predicted octanol–water partition coefficient (Wildman–Crippen LogP) is 2.43. The van der Waals surface area contributed by atoms with Gasteiger partial charge in [-0.25, -0.2) is 9.97 Å². The summed E-state index contributed by atoms with van der Waals surface area (Å²) < 4.78 is 39.1. The smallest absolute Gasteiger partial charge is 0.339 e. The SMILES string of the molecule is CC(=O)N1CCN(C(=O)CSc2nc(C(F)(F)F)nc3ccccc23)CC1. The minimum absolute atomic E-state index is 0.0294. The van der Waals surface area contributed by atoms with Crippen LogP contribution in [0.3, 0.4) is 0 Å². The Hall–Kier alpha value is -2.36. The molecule has 144 valence electrons. The zero-order valence-corrected chi connectivity index (χ0v) is 15.3. The fraction of sp³-hybridized carbons (Fsp3) is 0.412. The molecule has 1 fully saturated rings. The molecule has 0 N–H and O–H groups in total. The van der Waals surface area contributed by atoms with Crippen molar-refractivity contribution in [3.8, 4) is 0 Å². The highest BCUT2D eigenvalue weighted by molar-refractivity contribution is 8.00. The van der Waals surface area contributed by atoms with Gasteiger partial charge in [0.2, 0.25) is 17.6 Å². The van der Waals surface area contributed by atoms with E-state index < -0.39 is 12.0 Å². The lowest BCUT2D eigenvalue weighted by Crippen LogP contribution is -2.50. The number of thioether (sulfide) groups is 1. The number of carbonyl (C=O) groups is 2. The van der Waals surface area contributed by atoms with Gasteiger partial charge >= 0.3 is 6.18 Å². The van der Waals surface area contributed by atoms with Crippen LogP contribution in [-0.2, 0) is 15.8 Å². The fourth-order valence-electron chi connectivity index (χ4n) is 2.78. The van der Waals surface area contributed by atoms with Crippen LogP contribution < -0.4 is 0 Å². The number of carbonyl (C=O) groups excluding carboxylic acids is 2. The molecular formula is C17H17F3N4O2S. The van der Waals surface area contributed by atoms with Crippen molar-refractivity contribution >= 4 is 34.5 Å². The highest BCUT2D eigenvalue weighted by Crippen LogP contribution is 2.32. The summed E-state index contributed by atoms with van der Waals surface area (Å²) in [5, 5.41) is 0.605. The summed E-state index contributed by atoms with van der Waals surface area (Å²) in [6.07, 6.45) is -4.66. The zero-order valence-electron chi connectivity index (χ0n) is 14.5. The Balaban J connectivity index is 1.73. The van der Waals surface area contributed by atoms with Crippen LogP contribution in [0.4, 0.5) is 13.2 Å². The van der Waals surface area contributed by atoms with Crippen molar-refractivity contribution in [1.82, 2.24) is 19.8 Å². The van der Waals surface area contributed by atoms with Gasteiger partial charge in [-0.05, 0) is 6.07 Å². The van der Waals surface area contributed by atoms with Gasteiger partial charge in [-0.3, -0.25) is 9.59 Å². The summed E-state index contributed by atoms with van der Waals surface area (Å²) in [5.41, 5.74) is 0.185. The number of aromatic nitrogens is 2. The molecule has 3 rings (SSSR count). The highest BCUT2D eigenvalue weighted by atomic mass is 32.2. The molecule has 0 spiro atoms. The first kappa shape index (κ1) is 19.4. The minimum Gasteiger partial charge on any atom is -0.339 e. The molecule has 0 bridgehead atoms. The van der Waals surface area contributed by atoms with Gasteiger partial charge in [0.1, 0.15) is 5.03 Å². The van der Waals surface area contributed by atoms with Gasteiger partial charge in [-0.1, -0.05) is 30.0 Å². The van der Waals surface area contributed by atoms with Crippen LogP contribution in [0.2, 0.25) is 0 Å². The molecule has 1 aromatic carbocycles. The number of alkyl halides is 3. The molecule has 27 heavy (non-hydrogen) atoms. The molecule has 0 radical (unpaired) electrons. The van der Waals surface area contributed by atoms with E-state index in [0.717, 1.165) is 11.8 Å². The zero-order chi connectivity index (χ0) is 19.6. The first-order valence-corrected chi connectivity index (χ1v) is 9.24. The average Bonchev–Trinajstić information content (AvgIpc) is 2.65. The Morgan fingerprint density at radius 3 is 2.33 bits per heavy atom. The summed E-state index contributed by atoms with van der Waals surface area (Å²) >= 11 is 0.966. The molecule has 1 aromatic heterocycles. The van der Waals surface area contributed by atoms with Crippen LogP contribution in [0.15, 0.2) is 29.3 Å². The quantitative estimate of drug-likeness (QED) is 0.587. The van der Waals surface area contributed by atoms with Crippen molar-refractivity contribution in [3.05, 3.63) is 30.1 Å². The van der Waals surface area contributed by atoms with Crippen molar-refractivity contribution in [2.75, 3.05) is 31.9 Å². The van der Waals surface area contributed by atoms with E-state index in [-0.39, 0.29) is 28.1 Å². The Morgan fingerprint density at radius 2 is 1.70 bits per heavy atom. The molecule has 2 aromatic rings. The monoisotopic (exact) mass is 398 g/mol. The second kappa shape index (κ2) is 7.71. The Morgan fingerprint density at radius 1 is 1.07 bits per heavy atom. The molecule has 2 heterocycles. The van der Waals surface area contributed by atoms with Crippen molar-refractivity contribution in [2.24, 2.45) is 0 Å². The number of hydrogen-bond acceptors (Lipinski definition) is 5. The normalized spacial score (nSPS) is 15.3. The molecule has 1 aliphatic heterocycles. The average molecular weight is 398 g/mol. The maximum atomic E-state index is 13.0. The van der Waals surface area contributed by atoms with E-state index in [1.807, 2.05) is 0 Å². The van der Waals surface area contributed by atoms with Crippen molar-refractivity contribution in [3.63, 3.8) is 0 Å². The number of fused-ring (bicyclic) bond motifs is 1. The standard InChI is InChI=1S/C17H17F3N4O2S/c1-11(25)23-6-8-24(9-7-23)14(26)10-27-15-12-4-2-3-5-13(12)21-16(22-15)17(18,19)20/h2-5H,6-10H2,1H3. The maximum Gasteiger partial charge on any atom is 0.451 e. The number of rotatable bonds is 3. The summed E-state index contributed by atoms with van der Waals surface area (Å²) in [4.78, 5) is 34.2. The Kier molecular flexibility index (Phi) is 5.54. The number of para-hydroxylation sites is 1. The van der Waals surface area contributed by atoms with E-state index in [9.17, 15) is 22.8 Å². The number of amides is 2. The second-order valence-corrected chi connectivity index (χ2v) is 7.01. The number of halogens is 3. The summed E-state index contributed by atoms with van der Waals surface area (Å²) in [7, 11) is 0. The number of benzene rings is 1. The van der Waals surface area contributed by atoms with Crippen molar-refractivity contribution < 1.29 is 22.8 Å². The van der Waals surface area contributed by atoms with E-state index in [1.54, 1.807) is 28.0 Å². The first-order chi connectivity index (χ1) is 12.8. The summed E-state index contributed by atoms with van der Waals surface area (Å²) in [6, 6.07) is 6.41. The molecule has 0 aliphatic carbocycles. The van der Waals surface area contributed by atoms with Crippen LogP contribution in [0, 0.1) is 0 Å². The Labute approximate surface area is 157 Å². The van der Waals surface area contributed by atoms with Crippen LogP contribution in [0.5, 0.6) is 0 Å². The van der Waals surface area contributed by atoms with Gasteiger partial charge < -0.3 is 9.80 Å². The van der Waals surface area contributed by atoms with E-state index in [4.69, 9.17) is 0 Å². The van der Waals surface area contributed by atoms with Gasteiger partial charge in [0.05, 0.1) is 11.3 Å². The van der Waals surface area contributed by atoms with Crippen LogP contribution in [-0.4, -0.2) is 63.5 Å². The lowest BCUT2D eigenvalue weighted by molar-refractivity contribution is -0.145. The highest BCUT2D eigenvalue weighted by Gasteiger charge is 2.35.